The molecule has 138 valence electrons. The lowest BCUT2D eigenvalue weighted by atomic mass is 9.85. The molecule has 1 amide bonds. The fourth-order valence-electron chi connectivity index (χ4n) is 3.11. The average Bonchev–Trinajstić information content (AvgIpc) is 3.21. The van der Waals surface area contributed by atoms with Crippen molar-refractivity contribution in [3.8, 4) is 0 Å². The van der Waals surface area contributed by atoms with E-state index in [1.165, 1.54) is 5.56 Å². The average molecular weight is 359 g/mol. The van der Waals surface area contributed by atoms with Crippen LogP contribution in [0.5, 0.6) is 0 Å². The van der Waals surface area contributed by atoms with Crippen LogP contribution in [0.3, 0.4) is 0 Å². The van der Waals surface area contributed by atoms with E-state index in [1.807, 2.05) is 66.7 Å². The molecule has 3 aromatic rings. The Morgan fingerprint density at radius 3 is 2.44 bits per heavy atom. The largest absolute Gasteiger partial charge is 0.465 e. The van der Waals surface area contributed by atoms with Crippen molar-refractivity contribution in [1.82, 2.24) is 5.32 Å². The lowest BCUT2D eigenvalue weighted by molar-refractivity contribution is -0.123. The fourth-order valence-corrected chi connectivity index (χ4v) is 3.11. The molecule has 0 spiro atoms. The molecule has 3 nitrogen and oxygen atoms in total. The van der Waals surface area contributed by atoms with Gasteiger partial charge in [-0.15, -0.1) is 0 Å². The normalized spacial score (nSPS) is 13.4. The highest BCUT2D eigenvalue weighted by atomic mass is 16.3. The smallest absolute Gasteiger partial charge is 0.228 e. The number of allylic oxidation sites excluding steroid dienone is 1. The zero-order chi connectivity index (χ0) is 19.1. The first-order valence-electron chi connectivity index (χ1n) is 9.23. The zero-order valence-electron chi connectivity index (χ0n) is 15.8. The Labute approximate surface area is 160 Å². The van der Waals surface area contributed by atoms with E-state index in [4.69, 9.17) is 4.42 Å². The van der Waals surface area contributed by atoms with E-state index in [0.717, 1.165) is 16.9 Å². The maximum Gasteiger partial charge on any atom is 0.228 e. The summed E-state index contributed by atoms with van der Waals surface area (Å²) in [4.78, 5) is 13.0. The maximum absolute atomic E-state index is 13.0. The molecule has 0 saturated heterocycles. The van der Waals surface area contributed by atoms with Crippen LogP contribution in [-0.2, 0) is 11.3 Å². The van der Waals surface area contributed by atoms with Gasteiger partial charge in [-0.1, -0.05) is 73.2 Å². The van der Waals surface area contributed by atoms with Crippen molar-refractivity contribution < 1.29 is 9.21 Å². The molecule has 27 heavy (non-hydrogen) atoms. The number of hydrogen-bond donors (Lipinski definition) is 1. The lowest BCUT2D eigenvalue weighted by Gasteiger charge is -2.22. The number of hydrogen-bond acceptors (Lipinski definition) is 2. The van der Waals surface area contributed by atoms with Crippen molar-refractivity contribution in [2.45, 2.75) is 26.3 Å². The molecule has 2 atom stereocenters. The molecule has 3 rings (SSSR count). The maximum atomic E-state index is 13.0. The van der Waals surface area contributed by atoms with Crippen LogP contribution in [0.2, 0.25) is 0 Å². The molecule has 1 N–H and O–H groups in total. The summed E-state index contributed by atoms with van der Waals surface area (Å²) in [5.74, 6) is 0.572. The summed E-state index contributed by atoms with van der Waals surface area (Å²) in [6.45, 7) is 4.64. The Balaban J connectivity index is 1.78. The summed E-state index contributed by atoms with van der Waals surface area (Å²) in [7, 11) is 0. The molecule has 0 bridgehead atoms. The van der Waals surface area contributed by atoms with Gasteiger partial charge in [0, 0.05) is 6.54 Å². The first-order valence-corrected chi connectivity index (χ1v) is 9.23. The van der Waals surface area contributed by atoms with E-state index in [9.17, 15) is 4.79 Å². The Hall–Kier alpha value is -3.07. The van der Waals surface area contributed by atoms with Gasteiger partial charge >= 0.3 is 0 Å². The number of carbonyl (C=O) groups is 1. The minimum atomic E-state index is -0.263. The van der Waals surface area contributed by atoms with Gasteiger partial charge in [-0.05, 0) is 42.2 Å². The molecule has 0 unspecified atom stereocenters. The van der Waals surface area contributed by atoms with E-state index in [1.54, 1.807) is 6.26 Å². The summed E-state index contributed by atoms with van der Waals surface area (Å²) in [5.41, 5.74) is 3.29. The molecular formula is C24H25NO2. The molecule has 0 radical (unpaired) electrons. The van der Waals surface area contributed by atoms with Crippen LogP contribution >= 0.6 is 0 Å². The van der Waals surface area contributed by atoms with Crippen LogP contribution in [-0.4, -0.2) is 5.91 Å². The van der Waals surface area contributed by atoms with E-state index in [2.05, 4.69) is 31.3 Å². The highest BCUT2D eigenvalue weighted by Crippen LogP contribution is 2.27. The minimum absolute atomic E-state index is 0.0218. The van der Waals surface area contributed by atoms with Crippen LogP contribution in [0.15, 0.2) is 83.5 Å². The van der Waals surface area contributed by atoms with Crippen LogP contribution < -0.4 is 5.32 Å². The van der Waals surface area contributed by atoms with Gasteiger partial charge in [-0.3, -0.25) is 4.79 Å². The Bertz CT molecular complexity index is 865. The molecule has 1 heterocycles. The molecule has 0 aliphatic carbocycles. The van der Waals surface area contributed by atoms with Gasteiger partial charge < -0.3 is 9.73 Å². The van der Waals surface area contributed by atoms with E-state index >= 15 is 0 Å². The van der Waals surface area contributed by atoms with Gasteiger partial charge in [0.05, 0.1) is 12.2 Å². The van der Waals surface area contributed by atoms with Gasteiger partial charge in [-0.2, -0.15) is 0 Å². The van der Waals surface area contributed by atoms with Crippen LogP contribution in [0.4, 0.5) is 0 Å². The van der Waals surface area contributed by atoms with Gasteiger partial charge in [0.1, 0.15) is 5.76 Å². The van der Waals surface area contributed by atoms with Crippen LogP contribution in [0, 0.1) is 12.8 Å². The summed E-state index contributed by atoms with van der Waals surface area (Å²) in [6.07, 6.45) is 5.61. The van der Waals surface area contributed by atoms with Crippen molar-refractivity contribution in [2.24, 2.45) is 5.92 Å². The Morgan fingerprint density at radius 2 is 1.78 bits per heavy atom. The molecule has 3 heteroatoms. The summed E-state index contributed by atoms with van der Waals surface area (Å²) in [5, 5.41) is 3.09. The predicted molar refractivity (Wildman–Crippen MR) is 109 cm³/mol. The zero-order valence-corrected chi connectivity index (χ0v) is 15.8. The van der Waals surface area contributed by atoms with E-state index in [0.29, 0.717) is 6.54 Å². The first kappa shape index (κ1) is 18.7. The number of aryl methyl sites for hydroxylation is 1. The van der Waals surface area contributed by atoms with Crippen molar-refractivity contribution in [3.05, 3.63) is 102 Å². The number of furan rings is 1. The minimum Gasteiger partial charge on any atom is -0.465 e. The Kier molecular flexibility index (Phi) is 6.26. The second-order valence-corrected chi connectivity index (χ2v) is 6.83. The second-order valence-electron chi connectivity index (χ2n) is 6.83. The van der Waals surface area contributed by atoms with Crippen molar-refractivity contribution in [2.75, 3.05) is 0 Å². The summed E-state index contributed by atoms with van der Waals surface area (Å²) < 4.78 is 5.36. The number of rotatable bonds is 7. The number of benzene rings is 2. The highest BCUT2D eigenvalue weighted by Gasteiger charge is 2.25. The quantitative estimate of drug-likeness (QED) is 0.619. The first-order chi connectivity index (χ1) is 13.1. The SMILES string of the molecule is Cc1ccc([C@@H](C(=O)NCc2ccccc2)[C@@H](C)/C=C/c2ccco2)cc1. The standard InChI is InChI=1S/C24H25NO2/c1-18-10-13-21(14-11-18)23(19(2)12-15-22-9-6-16-27-22)24(26)25-17-20-7-4-3-5-8-20/h3-16,19,23H,17H2,1-2H3,(H,25,26)/b15-12+/t19-,23-/m0/s1. The fraction of sp³-hybridized carbons (Fsp3) is 0.208. The van der Waals surface area contributed by atoms with Crippen molar-refractivity contribution in [3.63, 3.8) is 0 Å². The van der Waals surface area contributed by atoms with Crippen molar-refractivity contribution >= 4 is 12.0 Å². The van der Waals surface area contributed by atoms with Crippen LogP contribution in [0.1, 0.15) is 35.3 Å². The lowest BCUT2D eigenvalue weighted by Crippen LogP contribution is -2.32. The highest BCUT2D eigenvalue weighted by molar-refractivity contribution is 5.84. The van der Waals surface area contributed by atoms with E-state index < -0.39 is 0 Å². The van der Waals surface area contributed by atoms with Gasteiger partial charge in [0.25, 0.3) is 0 Å². The number of amides is 1. The second kappa shape index (κ2) is 9.04. The van der Waals surface area contributed by atoms with Gasteiger partial charge in [0.2, 0.25) is 5.91 Å². The monoisotopic (exact) mass is 359 g/mol. The molecule has 0 saturated carbocycles. The van der Waals surface area contributed by atoms with Gasteiger partial charge in [0.15, 0.2) is 0 Å². The molecular weight excluding hydrogens is 334 g/mol. The van der Waals surface area contributed by atoms with E-state index in [-0.39, 0.29) is 17.7 Å². The summed E-state index contributed by atoms with van der Waals surface area (Å²) in [6, 6.07) is 21.9. The number of nitrogens with one attached hydrogen (secondary N) is 1. The third-order valence-corrected chi connectivity index (χ3v) is 4.66. The third-order valence-electron chi connectivity index (χ3n) is 4.66. The Morgan fingerprint density at radius 1 is 1.04 bits per heavy atom. The molecule has 0 fully saturated rings. The number of carbonyl (C=O) groups excluding carboxylic acids is 1. The van der Waals surface area contributed by atoms with Gasteiger partial charge in [-0.25, -0.2) is 0 Å². The van der Waals surface area contributed by atoms with Crippen molar-refractivity contribution in [1.29, 1.82) is 0 Å². The predicted octanol–water partition coefficient (Wildman–Crippen LogP) is 5.34. The molecule has 0 aliphatic heterocycles. The van der Waals surface area contributed by atoms with Crippen LogP contribution in [0.25, 0.3) is 6.08 Å². The molecule has 1 aromatic heterocycles. The molecule has 0 aliphatic rings. The molecule has 2 aromatic carbocycles. The summed E-state index contributed by atoms with van der Waals surface area (Å²) >= 11 is 0. The topological polar surface area (TPSA) is 42.2 Å². The third kappa shape index (κ3) is 5.20.